The number of imide groups is 1. The fourth-order valence-electron chi connectivity index (χ4n) is 3.46. The van der Waals surface area contributed by atoms with E-state index in [1.807, 2.05) is 57.2 Å². The molecule has 8 nitrogen and oxygen atoms in total. The van der Waals surface area contributed by atoms with Crippen molar-refractivity contribution in [2.45, 2.75) is 38.6 Å². The van der Waals surface area contributed by atoms with Gasteiger partial charge in [0.2, 0.25) is 11.8 Å². The second-order valence-corrected chi connectivity index (χ2v) is 9.94. The molecule has 4 rings (SSSR count). The summed E-state index contributed by atoms with van der Waals surface area (Å²) in [5, 5.41) is 12.7. The van der Waals surface area contributed by atoms with Crippen LogP contribution in [0, 0.1) is 0 Å². The molecule has 3 aromatic rings. The van der Waals surface area contributed by atoms with Gasteiger partial charge in [-0.15, -0.1) is 11.3 Å². The molecule has 0 saturated carbocycles. The first kappa shape index (κ1) is 22.5. The molecule has 1 aliphatic heterocycles. The van der Waals surface area contributed by atoms with Gasteiger partial charge in [0.05, 0.1) is 12.0 Å². The number of fused-ring (bicyclic) bond motifs is 1. The Labute approximate surface area is 194 Å². The molecule has 0 aliphatic carbocycles. The molecule has 4 N–H and O–H groups in total. The first-order chi connectivity index (χ1) is 15.6. The number of hydrogen-bond acceptors (Lipinski definition) is 5. The van der Waals surface area contributed by atoms with Crippen LogP contribution in [0.3, 0.4) is 0 Å². The lowest BCUT2D eigenvalue weighted by molar-refractivity contribution is -0.125. The zero-order valence-electron chi connectivity index (χ0n) is 18.4. The summed E-state index contributed by atoms with van der Waals surface area (Å²) in [5.41, 5.74) is 0.603. The third kappa shape index (κ3) is 5.04. The van der Waals surface area contributed by atoms with Crippen molar-refractivity contribution >= 4 is 56.6 Å². The lowest BCUT2D eigenvalue weighted by Gasteiger charge is -2.15. The van der Waals surface area contributed by atoms with Gasteiger partial charge in [0.25, 0.3) is 5.91 Å². The standard InChI is InChI=1S/C24H24N4O4S/c1-24(2,3)18-11-16(20(30)26-17-12-19(29)27-21(17)31)22(33-18)28-23(32)25-15-9-8-13-6-4-5-7-14(13)10-15/h4-11,17H,12H2,1-3H3,(H,26,30)(H2,25,28,32)(H,27,29,31)/t17-/m0/s1. The zero-order chi connectivity index (χ0) is 23.8. The summed E-state index contributed by atoms with van der Waals surface area (Å²) in [4.78, 5) is 49.8. The van der Waals surface area contributed by atoms with Crippen molar-refractivity contribution in [3.8, 4) is 0 Å². The van der Waals surface area contributed by atoms with Crippen LogP contribution in [0.15, 0.2) is 48.5 Å². The van der Waals surface area contributed by atoms with E-state index < -0.39 is 29.8 Å². The molecule has 1 aliphatic rings. The first-order valence-electron chi connectivity index (χ1n) is 10.5. The Balaban J connectivity index is 1.54. The van der Waals surface area contributed by atoms with E-state index in [9.17, 15) is 19.2 Å². The van der Waals surface area contributed by atoms with Crippen molar-refractivity contribution in [2.75, 3.05) is 10.6 Å². The van der Waals surface area contributed by atoms with Gasteiger partial charge in [-0.3, -0.25) is 25.0 Å². The first-order valence-corrected chi connectivity index (χ1v) is 11.3. The van der Waals surface area contributed by atoms with Crippen LogP contribution in [0.5, 0.6) is 0 Å². The number of anilines is 2. The lowest BCUT2D eigenvalue weighted by Crippen LogP contribution is -2.40. The minimum Gasteiger partial charge on any atom is -0.340 e. The SMILES string of the molecule is CC(C)(C)c1cc(C(=O)N[C@H]2CC(=O)NC2=O)c(NC(=O)Nc2ccc3ccccc3c2)s1. The van der Waals surface area contributed by atoms with E-state index in [1.165, 1.54) is 11.3 Å². The zero-order valence-corrected chi connectivity index (χ0v) is 19.3. The van der Waals surface area contributed by atoms with Gasteiger partial charge in [-0.25, -0.2) is 4.79 Å². The fraction of sp³-hybridized carbons (Fsp3) is 0.250. The molecule has 1 aromatic heterocycles. The Morgan fingerprint density at radius 1 is 1.00 bits per heavy atom. The summed E-state index contributed by atoms with van der Waals surface area (Å²) in [5.74, 6) is -1.50. The lowest BCUT2D eigenvalue weighted by atomic mass is 9.94. The summed E-state index contributed by atoms with van der Waals surface area (Å²) >= 11 is 1.30. The summed E-state index contributed by atoms with van der Waals surface area (Å²) in [7, 11) is 0. The number of urea groups is 1. The van der Waals surface area contributed by atoms with Gasteiger partial charge < -0.3 is 10.6 Å². The Morgan fingerprint density at radius 2 is 1.73 bits per heavy atom. The van der Waals surface area contributed by atoms with E-state index >= 15 is 0 Å². The molecule has 1 fully saturated rings. The third-order valence-corrected chi connectivity index (χ3v) is 6.70. The van der Waals surface area contributed by atoms with Gasteiger partial charge in [0.1, 0.15) is 11.0 Å². The quantitative estimate of drug-likeness (QED) is 0.437. The van der Waals surface area contributed by atoms with E-state index in [2.05, 4.69) is 21.3 Å². The van der Waals surface area contributed by atoms with Gasteiger partial charge in [-0.05, 0) is 34.4 Å². The largest absolute Gasteiger partial charge is 0.340 e. The maximum atomic E-state index is 12.9. The highest BCUT2D eigenvalue weighted by Crippen LogP contribution is 2.36. The second kappa shape index (κ2) is 8.67. The summed E-state index contributed by atoms with van der Waals surface area (Å²) in [6.45, 7) is 6.01. The molecule has 0 bridgehead atoms. The van der Waals surface area contributed by atoms with Crippen molar-refractivity contribution in [1.82, 2.24) is 10.6 Å². The number of thiophene rings is 1. The Hall–Kier alpha value is -3.72. The molecule has 5 amide bonds. The number of carbonyl (C=O) groups is 4. The van der Waals surface area contributed by atoms with Crippen LogP contribution in [0.2, 0.25) is 0 Å². The normalized spacial score (nSPS) is 15.9. The smallest absolute Gasteiger partial charge is 0.324 e. The maximum Gasteiger partial charge on any atom is 0.324 e. The van der Waals surface area contributed by atoms with Gasteiger partial charge in [-0.1, -0.05) is 51.1 Å². The Kier molecular flexibility index (Phi) is 5.90. The number of hydrogen-bond donors (Lipinski definition) is 4. The van der Waals surface area contributed by atoms with Crippen LogP contribution in [-0.2, 0) is 15.0 Å². The van der Waals surface area contributed by atoms with Crippen molar-refractivity contribution in [2.24, 2.45) is 0 Å². The van der Waals surface area contributed by atoms with Crippen molar-refractivity contribution in [3.05, 3.63) is 59.0 Å². The molecule has 2 aromatic carbocycles. The van der Waals surface area contributed by atoms with Gasteiger partial charge >= 0.3 is 6.03 Å². The second-order valence-electron chi connectivity index (χ2n) is 8.89. The molecule has 0 radical (unpaired) electrons. The highest BCUT2D eigenvalue weighted by Gasteiger charge is 2.33. The summed E-state index contributed by atoms with van der Waals surface area (Å²) in [6, 6.07) is 13.7. The van der Waals surface area contributed by atoms with Gasteiger partial charge in [0, 0.05) is 10.6 Å². The number of nitrogens with one attached hydrogen (secondary N) is 4. The third-order valence-electron chi connectivity index (χ3n) is 5.22. The topological polar surface area (TPSA) is 116 Å². The number of benzene rings is 2. The summed E-state index contributed by atoms with van der Waals surface area (Å²) < 4.78 is 0. The van der Waals surface area contributed by atoms with Crippen LogP contribution >= 0.6 is 11.3 Å². The minimum absolute atomic E-state index is 0.105. The van der Waals surface area contributed by atoms with Crippen LogP contribution in [0.25, 0.3) is 10.8 Å². The fourth-order valence-corrected chi connectivity index (χ4v) is 4.57. The molecular weight excluding hydrogens is 440 g/mol. The number of amides is 5. The van der Waals surface area contributed by atoms with Crippen molar-refractivity contribution < 1.29 is 19.2 Å². The highest BCUT2D eigenvalue weighted by atomic mass is 32.1. The van der Waals surface area contributed by atoms with E-state index in [0.29, 0.717) is 10.7 Å². The average Bonchev–Trinajstić information content (AvgIpc) is 3.30. The minimum atomic E-state index is -0.928. The molecule has 1 atom stereocenters. The molecule has 33 heavy (non-hydrogen) atoms. The molecule has 2 heterocycles. The number of carbonyl (C=O) groups excluding carboxylic acids is 4. The highest BCUT2D eigenvalue weighted by molar-refractivity contribution is 7.16. The Morgan fingerprint density at radius 3 is 2.39 bits per heavy atom. The monoisotopic (exact) mass is 464 g/mol. The van der Waals surface area contributed by atoms with Crippen LogP contribution in [-0.4, -0.2) is 29.8 Å². The summed E-state index contributed by atoms with van der Waals surface area (Å²) in [6.07, 6.45) is -0.105. The molecule has 170 valence electrons. The van der Waals surface area contributed by atoms with E-state index in [1.54, 1.807) is 12.1 Å². The number of rotatable bonds is 4. The molecule has 0 unspecified atom stereocenters. The molecule has 1 saturated heterocycles. The average molecular weight is 465 g/mol. The van der Waals surface area contributed by atoms with Gasteiger partial charge in [-0.2, -0.15) is 0 Å². The molecule has 9 heteroatoms. The molecular formula is C24H24N4O4S. The van der Waals surface area contributed by atoms with E-state index in [0.717, 1.165) is 15.6 Å². The predicted octanol–water partition coefficient (Wildman–Crippen LogP) is 3.99. The van der Waals surface area contributed by atoms with Crippen LogP contribution < -0.4 is 21.3 Å². The van der Waals surface area contributed by atoms with E-state index in [-0.39, 0.29) is 17.4 Å². The Bertz CT molecular complexity index is 1270. The van der Waals surface area contributed by atoms with E-state index in [4.69, 9.17) is 0 Å². The maximum absolute atomic E-state index is 12.9. The van der Waals surface area contributed by atoms with Crippen molar-refractivity contribution in [1.29, 1.82) is 0 Å². The molecule has 0 spiro atoms. The predicted molar refractivity (Wildman–Crippen MR) is 129 cm³/mol. The van der Waals surface area contributed by atoms with Crippen LogP contribution in [0.1, 0.15) is 42.4 Å². The van der Waals surface area contributed by atoms with Crippen molar-refractivity contribution in [3.63, 3.8) is 0 Å². The van der Waals surface area contributed by atoms with Gasteiger partial charge in [0.15, 0.2) is 0 Å². The van der Waals surface area contributed by atoms with Crippen LogP contribution in [0.4, 0.5) is 15.5 Å².